The van der Waals surface area contributed by atoms with Gasteiger partial charge in [0.2, 0.25) is 11.8 Å². The van der Waals surface area contributed by atoms with Gasteiger partial charge in [-0.15, -0.1) is 0 Å². The topological polar surface area (TPSA) is 49.4 Å². The van der Waals surface area contributed by atoms with Crippen LogP contribution in [0.25, 0.3) is 0 Å². The molecule has 2 aromatic rings. The number of halogens is 1. The van der Waals surface area contributed by atoms with Gasteiger partial charge in [0, 0.05) is 30.9 Å². The fourth-order valence-electron chi connectivity index (χ4n) is 2.86. The van der Waals surface area contributed by atoms with Gasteiger partial charge in [0.1, 0.15) is 6.04 Å². The molecule has 2 rings (SSSR count). The predicted molar refractivity (Wildman–Crippen MR) is 108 cm³/mol. The largest absolute Gasteiger partial charge is 0.357 e. The Morgan fingerprint density at radius 2 is 1.69 bits per heavy atom. The zero-order chi connectivity index (χ0) is 18.9. The van der Waals surface area contributed by atoms with Crippen LogP contribution >= 0.6 is 15.9 Å². The number of rotatable bonds is 8. The molecule has 2 amide bonds. The van der Waals surface area contributed by atoms with Gasteiger partial charge in [0.15, 0.2) is 0 Å². The first-order valence-electron chi connectivity index (χ1n) is 8.84. The number of nitrogens with zero attached hydrogens (tertiary/aromatic N) is 1. The molecule has 1 N–H and O–H groups in total. The Bertz CT molecular complexity index is 717. The molecule has 26 heavy (non-hydrogen) atoms. The van der Waals surface area contributed by atoms with Gasteiger partial charge in [-0.05, 0) is 29.7 Å². The van der Waals surface area contributed by atoms with Crippen molar-refractivity contribution in [3.05, 3.63) is 70.2 Å². The highest BCUT2D eigenvalue weighted by atomic mass is 79.9. The van der Waals surface area contributed by atoms with Gasteiger partial charge in [-0.25, -0.2) is 0 Å². The Kier molecular flexibility index (Phi) is 7.85. The molecular weight excluding hydrogens is 392 g/mol. The van der Waals surface area contributed by atoms with Crippen LogP contribution < -0.4 is 5.32 Å². The molecule has 0 aliphatic rings. The van der Waals surface area contributed by atoms with E-state index < -0.39 is 6.04 Å². The minimum Gasteiger partial charge on any atom is -0.357 e. The average molecular weight is 417 g/mol. The van der Waals surface area contributed by atoms with Crippen LogP contribution in [-0.2, 0) is 22.6 Å². The molecule has 0 fully saturated rings. The summed E-state index contributed by atoms with van der Waals surface area (Å²) < 4.78 is 0.986. The van der Waals surface area contributed by atoms with Crippen LogP contribution in [0.1, 0.15) is 30.9 Å². The van der Waals surface area contributed by atoms with Crippen molar-refractivity contribution in [1.82, 2.24) is 10.2 Å². The maximum absolute atomic E-state index is 12.8. The second-order valence-corrected chi connectivity index (χ2v) is 7.13. The number of hydrogen-bond acceptors (Lipinski definition) is 2. The van der Waals surface area contributed by atoms with Crippen LogP contribution in [0.4, 0.5) is 0 Å². The van der Waals surface area contributed by atoms with Crippen molar-refractivity contribution in [2.75, 3.05) is 7.05 Å². The lowest BCUT2D eigenvalue weighted by Gasteiger charge is -2.31. The van der Waals surface area contributed by atoms with Crippen LogP contribution in [0.5, 0.6) is 0 Å². The Morgan fingerprint density at radius 1 is 1.04 bits per heavy atom. The molecule has 0 aromatic heterocycles. The van der Waals surface area contributed by atoms with E-state index in [0.29, 0.717) is 19.4 Å². The van der Waals surface area contributed by atoms with Crippen LogP contribution in [0, 0.1) is 0 Å². The molecule has 2 aromatic carbocycles. The summed E-state index contributed by atoms with van der Waals surface area (Å²) in [7, 11) is 1.61. The maximum Gasteiger partial charge on any atom is 0.242 e. The molecule has 4 nitrogen and oxygen atoms in total. The molecule has 1 unspecified atom stereocenters. The highest BCUT2D eigenvalue weighted by Crippen LogP contribution is 2.18. The number of nitrogens with one attached hydrogen (secondary N) is 1. The lowest BCUT2D eigenvalue weighted by Crippen LogP contribution is -2.49. The van der Waals surface area contributed by atoms with Gasteiger partial charge in [-0.3, -0.25) is 9.59 Å². The van der Waals surface area contributed by atoms with Crippen LogP contribution in [-0.4, -0.2) is 29.8 Å². The first-order chi connectivity index (χ1) is 12.5. The molecular formula is C21H25BrN2O2. The third-order valence-electron chi connectivity index (χ3n) is 4.25. The second kappa shape index (κ2) is 10.1. The quantitative estimate of drug-likeness (QED) is 0.708. The van der Waals surface area contributed by atoms with Gasteiger partial charge in [0.05, 0.1) is 0 Å². The smallest absolute Gasteiger partial charge is 0.242 e. The monoisotopic (exact) mass is 416 g/mol. The van der Waals surface area contributed by atoms with Crippen LogP contribution in [0.3, 0.4) is 0 Å². The molecule has 1 atom stereocenters. The zero-order valence-corrected chi connectivity index (χ0v) is 16.8. The van der Waals surface area contributed by atoms with Crippen molar-refractivity contribution < 1.29 is 9.59 Å². The Labute approximate surface area is 163 Å². The lowest BCUT2D eigenvalue weighted by molar-refractivity contribution is -0.141. The fourth-order valence-corrected chi connectivity index (χ4v) is 3.13. The van der Waals surface area contributed by atoms with E-state index in [4.69, 9.17) is 0 Å². The van der Waals surface area contributed by atoms with E-state index in [2.05, 4.69) is 21.2 Å². The Hall–Kier alpha value is -2.14. The van der Waals surface area contributed by atoms with E-state index in [-0.39, 0.29) is 11.8 Å². The Balaban J connectivity index is 2.31. The van der Waals surface area contributed by atoms with Crippen molar-refractivity contribution in [2.24, 2.45) is 0 Å². The van der Waals surface area contributed by atoms with Gasteiger partial charge in [-0.1, -0.05) is 65.3 Å². The van der Waals surface area contributed by atoms with E-state index in [1.807, 2.05) is 61.5 Å². The number of carbonyl (C=O) groups is 2. The van der Waals surface area contributed by atoms with E-state index in [9.17, 15) is 9.59 Å². The molecule has 0 radical (unpaired) electrons. The standard InChI is InChI=1S/C21H25BrN2O2/c1-3-7-20(25)24(15-17-10-12-18(22)13-11-17)19(21(26)23-2)14-16-8-5-4-6-9-16/h4-6,8-13,19H,3,7,14-15H2,1-2H3,(H,23,26). The van der Waals surface area contributed by atoms with Crippen molar-refractivity contribution in [1.29, 1.82) is 0 Å². The summed E-state index contributed by atoms with van der Waals surface area (Å²) in [5.41, 5.74) is 2.03. The summed E-state index contributed by atoms with van der Waals surface area (Å²) in [6, 6.07) is 17.1. The van der Waals surface area contributed by atoms with E-state index in [1.165, 1.54) is 0 Å². The van der Waals surface area contributed by atoms with Gasteiger partial charge in [0.25, 0.3) is 0 Å². The third-order valence-corrected chi connectivity index (χ3v) is 4.78. The van der Waals surface area contributed by atoms with Crippen molar-refractivity contribution in [3.63, 3.8) is 0 Å². The first kappa shape index (κ1) is 20.2. The van der Waals surface area contributed by atoms with Gasteiger partial charge < -0.3 is 10.2 Å². The number of likely N-dealkylation sites (N-methyl/N-ethyl adjacent to an activating group) is 1. The highest BCUT2D eigenvalue weighted by Gasteiger charge is 2.29. The van der Waals surface area contributed by atoms with Crippen molar-refractivity contribution in [2.45, 2.75) is 38.8 Å². The van der Waals surface area contributed by atoms with Gasteiger partial charge in [-0.2, -0.15) is 0 Å². The number of carbonyl (C=O) groups excluding carboxylic acids is 2. The summed E-state index contributed by atoms with van der Waals surface area (Å²) in [6.45, 7) is 2.39. The molecule has 138 valence electrons. The predicted octanol–water partition coefficient (Wildman–Crippen LogP) is 3.94. The second-order valence-electron chi connectivity index (χ2n) is 6.22. The SMILES string of the molecule is CCCC(=O)N(Cc1ccc(Br)cc1)C(Cc1ccccc1)C(=O)NC. The van der Waals surface area contributed by atoms with E-state index in [1.54, 1.807) is 11.9 Å². The van der Waals surface area contributed by atoms with Crippen LogP contribution in [0.15, 0.2) is 59.1 Å². The van der Waals surface area contributed by atoms with Crippen LogP contribution in [0.2, 0.25) is 0 Å². The summed E-state index contributed by atoms with van der Waals surface area (Å²) >= 11 is 3.43. The highest BCUT2D eigenvalue weighted by molar-refractivity contribution is 9.10. The number of hydrogen-bond donors (Lipinski definition) is 1. The maximum atomic E-state index is 12.8. The fraction of sp³-hybridized carbons (Fsp3) is 0.333. The van der Waals surface area contributed by atoms with E-state index >= 15 is 0 Å². The van der Waals surface area contributed by atoms with Crippen molar-refractivity contribution in [3.8, 4) is 0 Å². The minimum atomic E-state index is -0.537. The zero-order valence-electron chi connectivity index (χ0n) is 15.2. The molecule has 0 heterocycles. The molecule has 0 aliphatic heterocycles. The molecule has 0 spiro atoms. The molecule has 5 heteroatoms. The molecule has 0 bridgehead atoms. The lowest BCUT2D eigenvalue weighted by atomic mass is 10.0. The third kappa shape index (κ3) is 5.70. The minimum absolute atomic E-state index is 0.0000464. The first-order valence-corrected chi connectivity index (χ1v) is 9.64. The molecule has 0 aliphatic carbocycles. The van der Waals surface area contributed by atoms with Crippen molar-refractivity contribution >= 4 is 27.7 Å². The normalized spacial score (nSPS) is 11.7. The van der Waals surface area contributed by atoms with Gasteiger partial charge >= 0.3 is 0 Å². The molecule has 0 saturated carbocycles. The summed E-state index contributed by atoms with van der Waals surface area (Å²) in [5, 5.41) is 2.72. The average Bonchev–Trinajstić information content (AvgIpc) is 2.66. The summed E-state index contributed by atoms with van der Waals surface area (Å²) in [5.74, 6) is -0.143. The Morgan fingerprint density at radius 3 is 2.27 bits per heavy atom. The van der Waals surface area contributed by atoms with E-state index in [0.717, 1.165) is 22.0 Å². The molecule has 0 saturated heterocycles. The number of benzene rings is 2. The summed E-state index contributed by atoms with van der Waals surface area (Å²) in [4.78, 5) is 27.1. The summed E-state index contributed by atoms with van der Waals surface area (Å²) in [6.07, 6.45) is 1.67. The number of amides is 2.